The number of hydrogen-bond acceptors (Lipinski definition) is 12. The van der Waals surface area contributed by atoms with E-state index in [0.29, 0.717) is 67.9 Å². The van der Waals surface area contributed by atoms with Gasteiger partial charge in [0.05, 0.1) is 33.8 Å². The highest BCUT2D eigenvalue weighted by Crippen LogP contribution is 2.37. The largest absolute Gasteiger partial charge is 0.501 e. The molecule has 14 heteroatoms. The van der Waals surface area contributed by atoms with Crippen molar-refractivity contribution >= 4 is 33.3 Å². The standard InChI is InChI=1S/C27H26N2O12/c1-3-14-10-16-20(40-26(32)22(24(16)30)28(34)35)12-18(14)38-8-6-5-7-9-39-19-13-21-17(11-15(19)4-2)25(31)23(29(36)37)27(33)41-21/h10-13,30-31H,3-9H2,1-2H3. The second-order valence-corrected chi connectivity index (χ2v) is 9.06. The van der Waals surface area contributed by atoms with Crippen LogP contribution in [0.2, 0.25) is 0 Å². The van der Waals surface area contributed by atoms with Crippen LogP contribution in [0, 0.1) is 20.2 Å². The van der Waals surface area contributed by atoms with Gasteiger partial charge in [0.1, 0.15) is 22.7 Å². The van der Waals surface area contributed by atoms with Gasteiger partial charge in [-0.05, 0) is 55.4 Å². The van der Waals surface area contributed by atoms with Gasteiger partial charge < -0.3 is 28.5 Å². The molecule has 0 aliphatic rings. The van der Waals surface area contributed by atoms with Crippen molar-refractivity contribution in [2.45, 2.75) is 46.0 Å². The number of aryl methyl sites for hydroxylation is 2. The van der Waals surface area contributed by atoms with Crippen LogP contribution in [-0.4, -0.2) is 33.3 Å². The summed E-state index contributed by atoms with van der Waals surface area (Å²) < 4.78 is 21.8. The molecule has 4 rings (SSSR count). The number of nitro groups is 2. The molecule has 0 saturated heterocycles. The summed E-state index contributed by atoms with van der Waals surface area (Å²) in [5, 5.41) is 42.7. The molecule has 0 aliphatic carbocycles. The van der Waals surface area contributed by atoms with E-state index >= 15 is 0 Å². The molecule has 216 valence electrons. The molecule has 4 aromatic rings. The van der Waals surface area contributed by atoms with Gasteiger partial charge >= 0.3 is 22.6 Å². The van der Waals surface area contributed by atoms with Crippen molar-refractivity contribution in [1.82, 2.24) is 0 Å². The summed E-state index contributed by atoms with van der Waals surface area (Å²) in [5.41, 5.74) is -3.26. The van der Waals surface area contributed by atoms with E-state index in [4.69, 9.17) is 18.3 Å². The minimum atomic E-state index is -1.26. The van der Waals surface area contributed by atoms with Crippen LogP contribution in [0.3, 0.4) is 0 Å². The van der Waals surface area contributed by atoms with Crippen molar-refractivity contribution in [2.75, 3.05) is 13.2 Å². The molecule has 0 bridgehead atoms. The number of hydrogen-bond donors (Lipinski definition) is 2. The Hall–Kier alpha value is -5.14. The first-order valence-electron chi connectivity index (χ1n) is 12.8. The second kappa shape index (κ2) is 11.9. The van der Waals surface area contributed by atoms with Crippen molar-refractivity contribution < 1.29 is 38.4 Å². The number of benzene rings is 2. The second-order valence-electron chi connectivity index (χ2n) is 9.06. The first-order chi connectivity index (χ1) is 19.6. The predicted molar refractivity (Wildman–Crippen MR) is 145 cm³/mol. The van der Waals surface area contributed by atoms with Crippen LogP contribution in [0.25, 0.3) is 21.9 Å². The highest BCUT2D eigenvalue weighted by molar-refractivity contribution is 5.89. The van der Waals surface area contributed by atoms with Crippen molar-refractivity contribution in [2.24, 2.45) is 0 Å². The van der Waals surface area contributed by atoms with E-state index in [2.05, 4.69) is 0 Å². The zero-order valence-corrected chi connectivity index (χ0v) is 22.1. The van der Waals surface area contributed by atoms with Crippen LogP contribution >= 0.6 is 0 Å². The fraction of sp³-hybridized carbons (Fsp3) is 0.333. The lowest BCUT2D eigenvalue weighted by atomic mass is 10.1. The zero-order chi connectivity index (χ0) is 29.8. The van der Waals surface area contributed by atoms with Gasteiger partial charge in [-0.15, -0.1) is 0 Å². The Morgan fingerprint density at radius 2 is 1.10 bits per heavy atom. The maximum atomic E-state index is 11.9. The lowest BCUT2D eigenvalue weighted by molar-refractivity contribution is -0.388. The van der Waals surface area contributed by atoms with Crippen molar-refractivity contribution in [3.63, 3.8) is 0 Å². The van der Waals surface area contributed by atoms with Gasteiger partial charge in [-0.1, -0.05) is 13.8 Å². The molecule has 2 N–H and O–H groups in total. The summed E-state index contributed by atoms with van der Waals surface area (Å²) >= 11 is 0. The first-order valence-corrected chi connectivity index (χ1v) is 12.8. The number of ether oxygens (including phenoxy) is 2. The highest BCUT2D eigenvalue weighted by atomic mass is 16.6. The fourth-order valence-electron chi connectivity index (χ4n) is 4.38. The van der Waals surface area contributed by atoms with Crippen molar-refractivity contribution in [3.8, 4) is 23.0 Å². The van der Waals surface area contributed by atoms with Gasteiger partial charge in [0.15, 0.2) is 0 Å². The minimum absolute atomic E-state index is 0.0282. The summed E-state index contributed by atoms with van der Waals surface area (Å²) in [5.74, 6) is -0.636. The number of aromatic hydroxyl groups is 2. The quantitative estimate of drug-likeness (QED) is 0.101. The van der Waals surface area contributed by atoms with E-state index in [1.807, 2.05) is 13.8 Å². The number of rotatable bonds is 12. The molecule has 0 radical (unpaired) electrons. The zero-order valence-electron chi connectivity index (χ0n) is 22.1. The molecule has 0 saturated carbocycles. The molecule has 0 amide bonds. The Bertz CT molecular complexity index is 1640. The molecule has 0 spiro atoms. The normalized spacial score (nSPS) is 11.2. The molecule has 14 nitrogen and oxygen atoms in total. The van der Waals surface area contributed by atoms with Crippen LogP contribution in [-0.2, 0) is 12.8 Å². The molecular weight excluding hydrogens is 544 g/mol. The van der Waals surface area contributed by atoms with Gasteiger partial charge in [-0.25, -0.2) is 9.59 Å². The summed E-state index contributed by atoms with van der Waals surface area (Å²) in [7, 11) is 0. The molecule has 0 aliphatic heterocycles. The Morgan fingerprint density at radius 3 is 1.44 bits per heavy atom. The van der Waals surface area contributed by atoms with E-state index in [1.165, 1.54) is 24.3 Å². The average molecular weight is 571 g/mol. The lowest BCUT2D eigenvalue weighted by Crippen LogP contribution is -2.08. The minimum Gasteiger partial charge on any atom is -0.501 e. The van der Waals surface area contributed by atoms with Gasteiger partial charge in [0, 0.05) is 12.1 Å². The summed E-state index contributed by atoms with van der Waals surface area (Å²) in [6, 6.07) is 5.86. The van der Waals surface area contributed by atoms with E-state index in [1.54, 1.807) is 0 Å². The smallest absolute Gasteiger partial charge is 0.419 e. The molecule has 0 unspecified atom stereocenters. The molecule has 2 aromatic carbocycles. The molecule has 41 heavy (non-hydrogen) atoms. The van der Waals surface area contributed by atoms with Gasteiger partial charge in [0.2, 0.25) is 11.5 Å². The maximum Gasteiger partial charge on any atom is 0.419 e. The van der Waals surface area contributed by atoms with E-state index in [0.717, 1.165) is 0 Å². The summed E-state index contributed by atoms with van der Waals surface area (Å²) in [4.78, 5) is 44.0. The molecule has 0 atom stereocenters. The molecular formula is C27H26N2O12. The van der Waals surface area contributed by atoms with Crippen LogP contribution in [0.4, 0.5) is 11.4 Å². The van der Waals surface area contributed by atoms with E-state index < -0.39 is 44.0 Å². The SMILES string of the molecule is CCc1cc2c(O)c([N+](=O)[O-])c(=O)oc2cc1OCCCCCOc1cc2oc(=O)c([N+](=O)[O-])c(O)c2cc1CC. The average Bonchev–Trinajstić information content (AvgIpc) is 2.91. The predicted octanol–water partition coefficient (Wildman–Crippen LogP) is 4.88. The van der Waals surface area contributed by atoms with E-state index in [-0.39, 0.29) is 21.9 Å². The van der Waals surface area contributed by atoms with Gasteiger partial charge in [-0.2, -0.15) is 0 Å². The van der Waals surface area contributed by atoms with Crippen molar-refractivity contribution in [3.05, 3.63) is 76.5 Å². The Labute approximate surface area is 230 Å². The van der Waals surface area contributed by atoms with Crippen molar-refractivity contribution in [1.29, 1.82) is 0 Å². The van der Waals surface area contributed by atoms with Gasteiger partial charge in [0.25, 0.3) is 0 Å². The number of nitrogens with zero attached hydrogens (tertiary/aromatic N) is 2. The third-order valence-electron chi connectivity index (χ3n) is 6.51. The Morgan fingerprint density at radius 1 is 0.707 bits per heavy atom. The highest BCUT2D eigenvalue weighted by Gasteiger charge is 2.26. The number of unbranched alkanes of at least 4 members (excludes halogenated alkanes) is 2. The van der Waals surface area contributed by atoms with Crippen LogP contribution in [0.15, 0.2) is 42.7 Å². The fourth-order valence-corrected chi connectivity index (χ4v) is 4.38. The van der Waals surface area contributed by atoms with Gasteiger partial charge in [-0.3, -0.25) is 20.2 Å². The molecule has 2 heterocycles. The van der Waals surface area contributed by atoms with Crippen LogP contribution < -0.4 is 20.7 Å². The Balaban J connectivity index is 1.37. The molecule has 0 fully saturated rings. The summed E-state index contributed by atoms with van der Waals surface area (Å²) in [6.07, 6.45) is 3.01. The maximum absolute atomic E-state index is 11.9. The Kier molecular flexibility index (Phi) is 8.40. The van der Waals surface area contributed by atoms with Crippen LogP contribution in [0.1, 0.15) is 44.2 Å². The molecule has 2 aromatic heterocycles. The lowest BCUT2D eigenvalue weighted by Gasteiger charge is -2.13. The summed E-state index contributed by atoms with van der Waals surface area (Å²) in [6.45, 7) is 4.34. The third kappa shape index (κ3) is 5.76. The topological polar surface area (TPSA) is 206 Å². The van der Waals surface area contributed by atoms with E-state index in [9.17, 15) is 40.0 Å². The third-order valence-corrected chi connectivity index (χ3v) is 6.51. The first kappa shape index (κ1) is 28.9. The van der Waals surface area contributed by atoms with Crippen LogP contribution in [0.5, 0.6) is 23.0 Å². The number of fused-ring (bicyclic) bond motifs is 2. The monoisotopic (exact) mass is 570 g/mol.